The van der Waals surface area contributed by atoms with Gasteiger partial charge in [0.1, 0.15) is 11.9 Å². The molecule has 1 atom stereocenters. The summed E-state index contributed by atoms with van der Waals surface area (Å²) in [6, 6.07) is 11.3. The van der Waals surface area contributed by atoms with Crippen molar-refractivity contribution in [1.29, 1.82) is 0 Å². The summed E-state index contributed by atoms with van der Waals surface area (Å²) in [5, 5.41) is 10.3. The number of nitrogens with zero attached hydrogens (tertiary/aromatic N) is 1. The van der Waals surface area contributed by atoms with E-state index in [0.29, 0.717) is 0 Å². The number of ether oxygens (including phenoxy) is 1. The lowest BCUT2D eigenvalue weighted by molar-refractivity contribution is 0.219. The van der Waals surface area contributed by atoms with E-state index in [0.717, 1.165) is 22.6 Å². The Morgan fingerprint density at radius 3 is 2.16 bits per heavy atom. The normalized spacial score (nSPS) is 12.5. The molecule has 3 nitrogen and oxygen atoms in total. The molecule has 3 heteroatoms. The van der Waals surface area contributed by atoms with E-state index in [9.17, 15) is 5.11 Å². The van der Waals surface area contributed by atoms with Gasteiger partial charge in [0.15, 0.2) is 0 Å². The number of aliphatic hydroxyl groups is 1. The van der Waals surface area contributed by atoms with Gasteiger partial charge in [-0.25, -0.2) is 0 Å². The highest BCUT2D eigenvalue weighted by atomic mass is 16.5. The van der Waals surface area contributed by atoms with Crippen LogP contribution in [0.5, 0.6) is 5.75 Å². The maximum atomic E-state index is 10.3. The smallest absolute Gasteiger partial charge is 0.119 e. The predicted molar refractivity (Wildman–Crippen MR) is 75.2 cm³/mol. The number of aromatic nitrogens is 1. The van der Waals surface area contributed by atoms with Crippen molar-refractivity contribution in [1.82, 2.24) is 4.98 Å². The van der Waals surface area contributed by atoms with E-state index in [1.807, 2.05) is 57.2 Å². The summed E-state index contributed by atoms with van der Waals surface area (Å²) < 4.78 is 5.58. The number of aryl methyl sites for hydroxylation is 1. The van der Waals surface area contributed by atoms with Gasteiger partial charge >= 0.3 is 0 Å². The lowest BCUT2D eigenvalue weighted by Crippen LogP contribution is -2.06. The van der Waals surface area contributed by atoms with E-state index >= 15 is 0 Å². The van der Waals surface area contributed by atoms with Crippen molar-refractivity contribution >= 4 is 0 Å². The maximum Gasteiger partial charge on any atom is 0.119 e. The van der Waals surface area contributed by atoms with Crippen LogP contribution in [0.2, 0.25) is 0 Å². The Kier molecular flexibility index (Phi) is 4.17. The molecule has 0 spiro atoms. The summed E-state index contributed by atoms with van der Waals surface area (Å²) in [6.07, 6.45) is 1.21. The summed E-state index contributed by atoms with van der Waals surface area (Å²) in [6.45, 7) is 5.90. The third kappa shape index (κ3) is 3.55. The summed E-state index contributed by atoms with van der Waals surface area (Å²) >= 11 is 0. The van der Waals surface area contributed by atoms with Crippen molar-refractivity contribution in [2.24, 2.45) is 0 Å². The molecule has 1 unspecified atom stereocenters. The summed E-state index contributed by atoms with van der Waals surface area (Å²) in [5.74, 6) is 0.813. The van der Waals surface area contributed by atoms with Crippen LogP contribution in [0.15, 0.2) is 42.6 Å². The summed E-state index contributed by atoms with van der Waals surface area (Å²) in [7, 11) is 0. The molecule has 1 heterocycles. The van der Waals surface area contributed by atoms with Crippen LogP contribution >= 0.6 is 0 Å². The van der Waals surface area contributed by atoms with Crippen LogP contribution in [-0.2, 0) is 0 Å². The van der Waals surface area contributed by atoms with Crippen LogP contribution in [0, 0.1) is 6.92 Å². The average Bonchev–Trinajstić information content (AvgIpc) is 2.39. The van der Waals surface area contributed by atoms with Gasteiger partial charge in [-0.2, -0.15) is 0 Å². The fourth-order valence-electron chi connectivity index (χ4n) is 1.83. The van der Waals surface area contributed by atoms with Crippen molar-refractivity contribution in [3.8, 4) is 5.75 Å². The van der Waals surface area contributed by atoms with Gasteiger partial charge in [0.25, 0.3) is 0 Å². The standard InChI is InChI=1S/C16H19NO2/c1-11(2)19-15-8-6-13(7-9-15)16(18)14-5-4-12(3)17-10-14/h4-11,16,18H,1-3H3. The molecule has 0 amide bonds. The third-order valence-electron chi connectivity index (χ3n) is 2.82. The monoisotopic (exact) mass is 257 g/mol. The SMILES string of the molecule is Cc1ccc(C(O)c2ccc(OC(C)C)cc2)cn1. The molecule has 19 heavy (non-hydrogen) atoms. The van der Waals surface area contributed by atoms with Crippen molar-refractivity contribution < 1.29 is 9.84 Å². The van der Waals surface area contributed by atoms with Crippen LogP contribution in [0.3, 0.4) is 0 Å². The average molecular weight is 257 g/mol. The molecule has 1 N–H and O–H groups in total. The van der Waals surface area contributed by atoms with E-state index in [2.05, 4.69) is 4.98 Å². The summed E-state index contributed by atoms with van der Waals surface area (Å²) in [5.41, 5.74) is 2.57. The minimum Gasteiger partial charge on any atom is -0.491 e. The zero-order valence-corrected chi connectivity index (χ0v) is 11.5. The Morgan fingerprint density at radius 1 is 1.00 bits per heavy atom. The van der Waals surface area contributed by atoms with E-state index in [-0.39, 0.29) is 6.10 Å². The molecule has 1 aromatic carbocycles. The van der Waals surface area contributed by atoms with E-state index < -0.39 is 6.10 Å². The van der Waals surface area contributed by atoms with Gasteiger partial charge in [0.2, 0.25) is 0 Å². The molecule has 0 saturated carbocycles. The lowest BCUT2D eigenvalue weighted by Gasteiger charge is -2.13. The molecule has 100 valence electrons. The Labute approximate surface area is 113 Å². The van der Waals surface area contributed by atoms with Gasteiger partial charge in [-0.15, -0.1) is 0 Å². The molecule has 0 bridgehead atoms. The van der Waals surface area contributed by atoms with Gasteiger partial charge in [-0.3, -0.25) is 4.98 Å². The van der Waals surface area contributed by atoms with E-state index in [1.54, 1.807) is 6.20 Å². The fraction of sp³-hybridized carbons (Fsp3) is 0.312. The number of pyridine rings is 1. The number of hydrogen-bond donors (Lipinski definition) is 1. The number of aliphatic hydroxyl groups excluding tert-OH is 1. The van der Waals surface area contributed by atoms with Crippen LogP contribution in [0.25, 0.3) is 0 Å². The van der Waals surface area contributed by atoms with Gasteiger partial charge < -0.3 is 9.84 Å². The second kappa shape index (κ2) is 5.85. The molecular weight excluding hydrogens is 238 g/mol. The molecule has 2 aromatic rings. The highest BCUT2D eigenvalue weighted by molar-refractivity contribution is 5.33. The molecule has 0 aliphatic carbocycles. The van der Waals surface area contributed by atoms with Crippen LogP contribution < -0.4 is 4.74 Å². The van der Waals surface area contributed by atoms with Gasteiger partial charge in [-0.05, 0) is 44.5 Å². The van der Waals surface area contributed by atoms with E-state index in [4.69, 9.17) is 4.74 Å². The first kappa shape index (κ1) is 13.6. The molecule has 0 aliphatic rings. The maximum absolute atomic E-state index is 10.3. The minimum atomic E-state index is -0.652. The van der Waals surface area contributed by atoms with E-state index in [1.165, 1.54) is 0 Å². The minimum absolute atomic E-state index is 0.150. The predicted octanol–water partition coefficient (Wildman–Crippen LogP) is 3.26. The van der Waals surface area contributed by atoms with Crippen molar-refractivity contribution in [3.05, 3.63) is 59.4 Å². The second-order valence-corrected chi connectivity index (χ2v) is 4.87. The third-order valence-corrected chi connectivity index (χ3v) is 2.82. The molecule has 0 fully saturated rings. The molecule has 1 aromatic heterocycles. The zero-order chi connectivity index (χ0) is 13.8. The fourth-order valence-corrected chi connectivity index (χ4v) is 1.83. The molecule has 0 radical (unpaired) electrons. The number of benzene rings is 1. The first-order chi connectivity index (χ1) is 9.06. The number of rotatable bonds is 4. The highest BCUT2D eigenvalue weighted by Crippen LogP contribution is 2.23. The molecule has 0 aliphatic heterocycles. The Hall–Kier alpha value is -1.87. The van der Waals surface area contributed by atoms with Gasteiger partial charge in [0.05, 0.1) is 6.10 Å². The molecular formula is C16H19NO2. The van der Waals surface area contributed by atoms with Crippen molar-refractivity contribution in [2.75, 3.05) is 0 Å². The van der Waals surface area contributed by atoms with Crippen LogP contribution in [-0.4, -0.2) is 16.2 Å². The quantitative estimate of drug-likeness (QED) is 0.914. The Bertz CT molecular complexity index is 517. The second-order valence-electron chi connectivity index (χ2n) is 4.87. The van der Waals surface area contributed by atoms with Crippen LogP contribution in [0.1, 0.15) is 36.8 Å². The first-order valence-corrected chi connectivity index (χ1v) is 6.43. The highest BCUT2D eigenvalue weighted by Gasteiger charge is 2.10. The largest absolute Gasteiger partial charge is 0.491 e. The zero-order valence-electron chi connectivity index (χ0n) is 11.5. The Morgan fingerprint density at radius 2 is 1.63 bits per heavy atom. The molecule has 2 rings (SSSR count). The lowest BCUT2D eigenvalue weighted by atomic mass is 10.0. The van der Waals surface area contributed by atoms with Gasteiger partial charge in [0, 0.05) is 17.5 Å². The number of hydrogen-bond acceptors (Lipinski definition) is 3. The van der Waals surface area contributed by atoms with Gasteiger partial charge in [-0.1, -0.05) is 18.2 Å². The van der Waals surface area contributed by atoms with Crippen molar-refractivity contribution in [3.63, 3.8) is 0 Å². The molecule has 0 saturated heterocycles. The summed E-state index contributed by atoms with van der Waals surface area (Å²) in [4.78, 5) is 4.20. The Balaban J connectivity index is 2.15. The first-order valence-electron chi connectivity index (χ1n) is 6.43. The van der Waals surface area contributed by atoms with Crippen LogP contribution in [0.4, 0.5) is 0 Å². The van der Waals surface area contributed by atoms with Crippen molar-refractivity contribution in [2.45, 2.75) is 33.0 Å². The topological polar surface area (TPSA) is 42.4 Å².